The molecule has 1 heterocycles. The van der Waals surface area contributed by atoms with E-state index in [-0.39, 0.29) is 0 Å². The molecule has 7 heavy (non-hydrogen) atoms. The van der Waals surface area contributed by atoms with Gasteiger partial charge in [-0.05, 0) is 0 Å². The highest BCUT2D eigenvalue weighted by Crippen LogP contribution is 1.80. The minimum Gasteiger partial charge on any atom is -0.147 e. The lowest BCUT2D eigenvalue weighted by Gasteiger charge is -1.41. The smallest absolute Gasteiger partial charge is 0.103 e. The summed E-state index contributed by atoms with van der Waals surface area (Å²) in [7, 11) is 0. The van der Waals surface area contributed by atoms with E-state index < -0.39 is 0 Å². The monoisotopic (exact) mass is 116 g/mol. The predicted octanol–water partition coefficient (Wildman–Crippen LogP) is 1.56. The summed E-state index contributed by atoms with van der Waals surface area (Å²) >= 11 is 1.49. The Bertz CT molecular complexity index is 66.2. The molecule has 0 bridgehead atoms. The molecule has 3 heteroatoms. The molecule has 1 rings (SSSR count). The van der Waals surface area contributed by atoms with E-state index >= 15 is 0 Å². The van der Waals surface area contributed by atoms with Gasteiger partial charge in [-0.25, -0.2) is 0 Å². The quantitative estimate of drug-likeness (QED) is 0.514. The maximum atomic E-state index is 3.49. The largest absolute Gasteiger partial charge is 0.147 e. The summed E-state index contributed by atoms with van der Waals surface area (Å²) in [6, 6.07) is 0. The summed E-state index contributed by atoms with van der Waals surface area (Å²) in [4.78, 5) is 0. The van der Waals surface area contributed by atoms with Crippen molar-refractivity contribution in [1.82, 2.24) is 10.2 Å². The molecule has 0 aliphatic carbocycles. The number of hydrogen-bond acceptors (Lipinski definition) is 3. The molecule has 2 nitrogen and oxygen atoms in total. The fourth-order valence-corrected chi connectivity index (χ4v) is 0.408. The molecule has 0 amide bonds. The fraction of sp³-hybridized carbons (Fsp3) is 0.500. The SMILES string of the molecule is CC.c1nncs1. The zero-order valence-electron chi connectivity index (χ0n) is 4.46. The second-order valence-corrected chi connectivity index (χ2v) is 1.27. The van der Waals surface area contributed by atoms with Crippen molar-refractivity contribution in [3.05, 3.63) is 11.0 Å². The minimum absolute atomic E-state index is 1.49. The summed E-state index contributed by atoms with van der Waals surface area (Å²) in [5.74, 6) is 0. The Hall–Kier alpha value is -0.440. The van der Waals surface area contributed by atoms with Crippen LogP contribution >= 0.6 is 11.3 Å². The summed E-state index contributed by atoms with van der Waals surface area (Å²) in [5.41, 5.74) is 3.36. The summed E-state index contributed by atoms with van der Waals surface area (Å²) < 4.78 is 0. The average Bonchev–Trinajstić information content (AvgIpc) is 2.23. The second kappa shape index (κ2) is 5.56. The van der Waals surface area contributed by atoms with Crippen LogP contribution in [0.15, 0.2) is 11.0 Å². The Balaban J connectivity index is 0.000000162. The molecule has 0 fully saturated rings. The molecular weight excluding hydrogens is 108 g/mol. The van der Waals surface area contributed by atoms with Gasteiger partial charge in [-0.1, -0.05) is 13.8 Å². The van der Waals surface area contributed by atoms with E-state index in [1.54, 1.807) is 11.0 Å². The van der Waals surface area contributed by atoms with E-state index in [0.29, 0.717) is 0 Å². The van der Waals surface area contributed by atoms with Crippen LogP contribution in [0.25, 0.3) is 0 Å². The van der Waals surface area contributed by atoms with Crippen LogP contribution in [0.1, 0.15) is 13.8 Å². The Morgan fingerprint density at radius 1 is 1.14 bits per heavy atom. The van der Waals surface area contributed by atoms with E-state index in [0.717, 1.165) is 0 Å². The lowest BCUT2D eigenvalue weighted by Crippen LogP contribution is -1.53. The minimum atomic E-state index is 1.49. The van der Waals surface area contributed by atoms with E-state index in [1.165, 1.54) is 11.3 Å². The first kappa shape index (κ1) is 6.56. The molecule has 0 spiro atoms. The van der Waals surface area contributed by atoms with Crippen LogP contribution in [0.4, 0.5) is 0 Å². The molecule has 1 aromatic heterocycles. The van der Waals surface area contributed by atoms with Crippen molar-refractivity contribution < 1.29 is 0 Å². The Kier molecular flexibility index (Phi) is 5.21. The first-order valence-electron chi connectivity index (χ1n) is 2.19. The van der Waals surface area contributed by atoms with E-state index in [4.69, 9.17) is 0 Å². The van der Waals surface area contributed by atoms with E-state index in [9.17, 15) is 0 Å². The van der Waals surface area contributed by atoms with Crippen molar-refractivity contribution >= 4 is 11.3 Å². The van der Waals surface area contributed by atoms with E-state index in [2.05, 4.69) is 10.2 Å². The third-order valence-corrected chi connectivity index (χ3v) is 0.715. The predicted molar refractivity (Wildman–Crippen MR) is 31.3 cm³/mol. The molecule has 0 saturated carbocycles. The first-order chi connectivity index (χ1) is 3.50. The number of hydrogen-bond donors (Lipinski definition) is 0. The summed E-state index contributed by atoms with van der Waals surface area (Å²) in [6.07, 6.45) is 0. The van der Waals surface area contributed by atoms with Gasteiger partial charge in [-0.15, -0.1) is 21.5 Å². The maximum absolute atomic E-state index is 3.49. The highest BCUT2D eigenvalue weighted by Gasteiger charge is 1.60. The van der Waals surface area contributed by atoms with Gasteiger partial charge >= 0.3 is 0 Å². The highest BCUT2D eigenvalue weighted by molar-refractivity contribution is 7.07. The Labute approximate surface area is 47.2 Å². The van der Waals surface area contributed by atoms with Crippen LogP contribution in [-0.2, 0) is 0 Å². The maximum Gasteiger partial charge on any atom is 0.103 e. The summed E-state index contributed by atoms with van der Waals surface area (Å²) in [6.45, 7) is 4.00. The molecule has 0 aromatic carbocycles. The topological polar surface area (TPSA) is 25.8 Å². The number of rotatable bonds is 0. The van der Waals surface area contributed by atoms with Gasteiger partial charge in [0.2, 0.25) is 0 Å². The molecular formula is C4H8N2S. The molecule has 1 aromatic rings. The molecule has 0 radical (unpaired) electrons. The van der Waals surface area contributed by atoms with Crippen LogP contribution in [0.2, 0.25) is 0 Å². The van der Waals surface area contributed by atoms with Gasteiger partial charge in [0.15, 0.2) is 0 Å². The average molecular weight is 116 g/mol. The Morgan fingerprint density at radius 3 is 1.71 bits per heavy atom. The molecule has 0 unspecified atom stereocenters. The van der Waals surface area contributed by atoms with Gasteiger partial charge in [0.05, 0.1) is 0 Å². The third kappa shape index (κ3) is 3.39. The molecule has 40 valence electrons. The van der Waals surface area contributed by atoms with Crippen molar-refractivity contribution in [2.75, 3.05) is 0 Å². The number of nitrogens with zero attached hydrogens (tertiary/aromatic N) is 2. The first-order valence-corrected chi connectivity index (χ1v) is 3.13. The lowest BCUT2D eigenvalue weighted by molar-refractivity contribution is 1.09. The zero-order valence-corrected chi connectivity index (χ0v) is 5.27. The van der Waals surface area contributed by atoms with Gasteiger partial charge in [0.25, 0.3) is 0 Å². The van der Waals surface area contributed by atoms with Crippen molar-refractivity contribution in [2.45, 2.75) is 13.8 Å². The van der Waals surface area contributed by atoms with Crippen molar-refractivity contribution in [1.29, 1.82) is 0 Å². The fourth-order valence-electron chi connectivity index (χ4n) is 0.136. The third-order valence-electron chi connectivity index (χ3n) is 0.283. The molecule has 0 N–H and O–H groups in total. The molecule has 0 aliphatic rings. The number of aromatic nitrogens is 2. The van der Waals surface area contributed by atoms with E-state index in [1.807, 2.05) is 13.8 Å². The van der Waals surface area contributed by atoms with Gasteiger partial charge in [0.1, 0.15) is 11.0 Å². The van der Waals surface area contributed by atoms with Crippen molar-refractivity contribution in [3.8, 4) is 0 Å². The lowest BCUT2D eigenvalue weighted by atomic mass is 11.0. The Morgan fingerprint density at radius 2 is 1.57 bits per heavy atom. The molecule has 0 saturated heterocycles. The summed E-state index contributed by atoms with van der Waals surface area (Å²) in [5, 5.41) is 6.98. The van der Waals surface area contributed by atoms with Gasteiger partial charge in [-0.3, -0.25) is 0 Å². The standard InChI is InChI=1S/C2H2N2S.C2H6/c1-3-4-2-5-1;1-2/h1-2H;1-2H3. The van der Waals surface area contributed by atoms with Crippen molar-refractivity contribution in [3.63, 3.8) is 0 Å². The van der Waals surface area contributed by atoms with Gasteiger partial charge < -0.3 is 0 Å². The van der Waals surface area contributed by atoms with Crippen LogP contribution in [0.3, 0.4) is 0 Å². The highest BCUT2D eigenvalue weighted by atomic mass is 32.1. The van der Waals surface area contributed by atoms with Crippen LogP contribution in [0.5, 0.6) is 0 Å². The molecule has 0 atom stereocenters. The zero-order chi connectivity index (χ0) is 5.54. The second-order valence-electron chi connectivity index (χ2n) is 0.578. The van der Waals surface area contributed by atoms with Crippen LogP contribution in [0, 0.1) is 0 Å². The van der Waals surface area contributed by atoms with Crippen LogP contribution < -0.4 is 0 Å². The normalized spacial score (nSPS) is 6.57. The van der Waals surface area contributed by atoms with Crippen molar-refractivity contribution in [2.24, 2.45) is 0 Å². The van der Waals surface area contributed by atoms with Gasteiger partial charge in [-0.2, -0.15) is 0 Å². The molecule has 0 aliphatic heterocycles. The van der Waals surface area contributed by atoms with Crippen LogP contribution in [-0.4, -0.2) is 10.2 Å². The van der Waals surface area contributed by atoms with Gasteiger partial charge in [0, 0.05) is 0 Å².